The van der Waals surface area contributed by atoms with Crippen molar-refractivity contribution in [1.82, 2.24) is 15.5 Å². The van der Waals surface area contributed by atoms with E-state index in [-0.39, 0.29) is 17.8 Å². The molecule has 0 spiro atoms. The number of rotatable bonds is 6. The lowest BCUT2D eigenvalue weighted by Gasteiger charge is -2.18. The minimum Gasteiger partial charge on any atom is -0.409 e. The zero-order chi connectivity index (χ0) is 13.5. The van der Waals surface area contributed by atoms with Gasteiger partial charge in [0.1, 0.15) is 0 Å². The largest absolute Gasteiger partial charge is 0.409 e. The van der Waals surface area contributed by atoms with Crippen molar-refractivity contribution in [2.24, 2.45) is 16.8 Å². The molecule has 0 radical (unpaired) electrons. The van der Waals surface area contributed by atoms with Crippen molar-refractivity contribution in [1.29, 1.82) is 0 Å². The monoisotopic (exact) mass is 253 g/mol. The van der Waals surface area contributed by atoms with Crippen LogP contribution < -0.4 is 11.1 Å². The molecule has 100 valence electrons. The molecular formula is C11H19N5O2. The number of amides is 1. The van der Waals surface area contributed by atoms with Crippen molar-refractivity contribution >= 4 is 11.7 Å². The predicted octanol–water partition coefficient (Wildman–Crippen LogP) is 0.750. The molecule has 5 N–H and O–H groups in total. The molecule has 0 aliphatic rings. The molecule has 0 saturated heterocycles. The number of carbonyl (C=O) groups excluding carboxylic acids is 1. The number of amidine groups is 1. The first-order valence-electron chi connectivity index (χ1n) is 5.86. The van der Waals surface area contributed by atoms with Crippen LogP contribution in [-0.2, 0) is 4.79 Å². The average Bonchev–Trinajstić information content (AvgIpc) is 2.88. The molecule has 0 aliphatic heterocycles. The van der Waals surface area contributed by atoms with E-state index in [2.05, 4.69) is 20.7 Å². The summed E-state index contributed by atoms with van der Waals surface area (Å²) in [4.78, 5) is 12.0. The number of hydrogen-bond donors (Lipinski definition) is 4. The Kier molecular flexibility index (Phi) is 5.16. The van der Waals surface area contributed by atoms with Crippen molar-refractivity contribution in [3.8, 4) is 0 Å². The molecule has 1 amide bonds. The SMILES string of the molecule is CCCC(C(=O)NC(C)c1cn[nH]c1)C(N)=NO. The number of aromatic amines is 1. The molecule has 1 aromatic heterocycles. The van der Waals surface area contributed by atoms with Gasteiger partial charge in [-0.25, -0.2) is 0 Å². The van der Waals surface area contributed by atoms with E-state index in [0.717, 1.165) is 12.0 Å². The number of carbonyl (C=O) groups is 1. The molecule has 0 saturated carbocycles. The Labute approximate surface area is 105 Å². The van der Waals surface area contributed by atoms with Crippen LogP contribution in [0.2, 0.25) is 0 Å². The van der Waals surface area contributed by atoms with Crippen LogP contribution in [0.1, 0.15) is 38.3 Å². The maximum Gasteiger partial charge on any atom is 0.231 e. The van der Waals surface area contributed by atoms with Crippen LogP contribution in [0.3, 0.4) is 0 Å². The van der Waals surface area contributed by atoms with Gasteiger partial charge in [0.25, 0.3) is 0 Å². The molecule has 0 aliphatic carbocycles. The summed E-state index contributed by atoms with van der Waals surface area (Å²) in [7, 11) is 0. The zero-order valence-corrected chi connectivity index (χ0v) is 10.6. The highest BCUT2D eigenvalue weighted by molar-refractivity contribution is 6.02. The molecule has 2 atom stereocenters. The molecule has 2 unspecified atom stereocenters. The van der Waals surface area contributed by atoms with E-state index in [0.29, 0.717) is 6.42 Å². The van der Waals surface area contributed by atoms with E-state index in [1.165, 1.54) is 0 Å². The van der Waals surface area contributed by atoms with E-state index < -0.39 is 5.92 Å². The summed E-state index contributed by atoms with van der Waals surface area (Å²) in [6, 6.07) is -0.179. The number of hydrogen-bond acceptors (Lipinski definition) is 4. The third-order valence-electron chi connectivity index (χ3n) is 2.74. The third-order valence-corrected chi connectivity index (χ3v) is 2.74. The molecule has 0 aromatic carbocycles. The number of oxime groups is 1. The third kappa shape index (κ3) is 3.47. The van der Waals surface area contributed by atoms with Crippen LogP contribution in [-0.4, -0.2) is 27.1 Å². The highest BCUT2D eigenvalue weighted by Gasteiger charge is 2.24. The van der Waals surface area contributed by atoms with Crippen molar-refractivity contribution in [2.45, 2.75) is 32.7 Å². The second kappa shape index (κ2) is 6.63. The van der Waals surface area contributed by atoms with Gasteiger partial charge in [-0.3, -0.25) is 9.89 Å². The standard InChI is InChI=1S/C11H19N5O2/c1-3-4-9(10(12)16-18)11(17)15-7(2)8-5-13-14-6-8/h5-7,9,18H,3-4H2,1-2H3,(H2,12,16)(H,13,14)(H,15,17). The Balaban J connectivity index is 2.67. The van der Waals surface area contributed by atoms with Crippen LogP contribution in [0, 0.1) is 5.92 Å². The maximum atomic E-state index is 12.0. The van der Waals surface area contributed by atoms with Gasteiger partial charge in [0.05, 0.1) is 18.2 Å². The lowest BCUT2D eigenvalue weighted by atomic mass is 10.0. The fourth-order valence-corrected chi connectivity index (χ4v) is 1.67. The van der Waals surface area contributed by atoms with Crippen LogP contribution in [0.15, 0.2) is 17.5 Å². The summed E-state index contributed by atoms with van der Waals surface area (Å²) in [5.41, 5.74) is 6.39. The fourth-order valence-electron chi connectivity index (χ4n) is 1.67. The summed E-state index contributed by atoms with van der Waals surface area (Å²) in [5.74, 6) is -0.913. The van der Waals surface area contributed by atoms with E-state index in [9.17, 15) is 4.79 Å². The van der Waals surface area contributed by atoms with Crippen LogP contribution in [0.5, 0.6) is 0 Å². The second-order valence-electron chi connectivity index (χ2n) is 4.13. The lowest BCUT2D eigenvalue weighted by Crippen LogP contribution is -2.39. The van der Waals surface area contributed by atoms with Crippen LogP contribution >= 0.6 is 0 Å². The maximum absolute atomic E-state index is 12.0. The Hall–Kier alpha value is -2.05. The van der Waals surface area contributed by atoms with Crippen molar-refractivity contribution in [3.63, 3.8) is 0 Å². The second-order valence-corrected chi connectivity index (χ2v) is 4.13. The number of H-pyrrole nitrogens is 1. The molecule has 7 nitrogen and oxygen atoms in total. The Bertz CT molecular complexity index is 402. The van der Waals surface area contributed by atoms with Gasteiger partial charge in [-0.2, -0.15) is 5.10 Å². The van der Waals surface area contributed by atoms with Gasteiger partial charge in [-0.05, 0) is 13.3 Å². The number of aromatic nitrogens is 2. The lowest BCUT2D eigenvalue weighted by molar-refractivity contribution is -0.123. The highest BCUT2D eigenvalue weighted by atomic mass is 16.4. The minimum atomic E-state index is -0.602. The molecule has 18 heavy (non-hydrogen) atoms. The first kappa shape index (κ1) is 14.0. The normalized spacial score (nSPS) is 15.1. The quantitative estimate of drug-likeness (QED) is 0.259. The van der Waals surface area contributed by atoms with Crippen molar-refractivity contribution < 1.29 is 10.0 Å². The van der Waals surface area contributed by atoms with Crippen molar-refractivity contribution in [3.05, 3.63) is 18.0 Å². The van der Waals surface area contributed by atoms with E-state index >= 15 is 0 Å². The van der Waals surface area contributed by atoms with Gasteiger partial charge in [0, 0.05) is 11.8 Å². The molecule has 1 rings (SSSR count). The molecule has 0 bridgehead atoms. The number of nitrogens with one attached hydrogen (secondary N) is 2. The summed E-state index contributed by atoms with van der Waals surface area (Å²) in [6.45, 7) is 3.78. The smallest absolute Gasteiger partial charge is 0.231 e. The van der Waals surface area contributed by atoms with E-state index in [4.69, 9.17) is 10.9 Å². The first-order chi connectivity index (χ1) is 8.60. The average molecular weight is 253 g/mol. The van der Waals surface area contributed by atoms with Gasteiger partial charge < -0.3 is 16.3 Å². The van der Waals surface area contributed by atoms with Gasteiger partial charge in [-0.15, -0.1) is 0 Å². The summed E-state index contributed by atoms with van der Waals surface area (Å²) in [6.07, 6.45) is 4.67. The van der Waals surface area contributed by atoms with Gasteiger partial charge in [0.15, 0.2) is 5.84 Å². The predicted molar refractivity (Wildman–Crippen MR) is 67.0 cm³/mol. The Morgan fingerprint density at radius 1 is 1.72 bits per heavy atom. The molecular weight excluding hydrogens is 234 g/mol. The number of nitrogens with two attached hydrogens (primary N) is 1. The molecule has 7 heteroatoms. The van der Waals surface area contributed by atoms with Crippen molar-refractivity contribution in [2.75, 3.05) is 0 Å². The minimum absolute atomic E-state index is 0.0613. The van der Waals surface area contributed by atoms with Crippen LogP contribution in [0.4, 0.5) is 0 Å². The fraction of sp³-hybridized carbons (Fsp3) is 0.545. The van der Waals surface area contributed by atoms with Gasteiger partial charge in [0.2, 0.25) is 5.91 Å². The Morgan fingerprint density at radius 2 is 2.44 bits per heavy atom. The van der Waals surface area contributed by atoms with Crippen LogP contribution in [0.25, 0.3) is 0 Å². The molecule has 0 fully saturated rings. The Morgan fingerprint density at radius 3 is 2.94 bits per heavy atom. The van der Waals surface area contributed by atoms with E-state index in [1.807, 2.05) is 13.8 Å². The highest BCUT2D eigenvalue weighted by Crippen LogP contribution is 2.13. The molecule has 1 aromatic rings. The van der Waals surface area contributed by atoms with E-state index in [1.54, 1.807) is 12.4 Å². The summed E-state index contributed by atoms with van der Waals surface area (Å²) >= 11 is 0. The van der Waals surface area contributed by atoms with Gasteiger partial charge >= 0.3 is 0 Å². The topological polar surface area (TPSA) is 116 Å². The summed E-state index contributed by atoms with van der Waals surface area (Å²) < 4.78 is 0. The zero-order valence-electron chi connectivity index (χ0n) is 10.6. The summed E-state index contributed by atoms with van der Waals surface area (Å²) in [5, 5.41) is 20.9. The molecule has 1 heterocycles. The number of nitrogens with zero attached hydrogens (tertiary/aromatic N) is 2. The van der Waals surface area contributed by atoms with Gasteiger partial charge in [-0.1, -0.05) is 18.5 Å². The first-order valence-corrected chi connectivity index (χ1v) is 5.86.